The smallest absolute Gasteiger partial charge is 0.234 e. The van der Waals surface area contributed by atoms with Crippen molar-refractivity contribution in [1.29, 1.82) is 0 Å². The zero-order valence-corrected chi connectivity index (χ0v) is 13.9. The van der Waals surface area contributed by atoms with Crippen molar-refractivity contribution < 1.29 is 9.18 Å². The van der Waals surface area contributed by atoms with Gasteiger partial charge < -0.3 is 11.1 Å². The number of thioether (sulfide) groups is 1. The van der Waals surface area contributed by atoms with Crippen LogP contribution in [0.5, 0.6) is 0 Å². The minimum atomic E-state index is -0.432. The van der Waals surface area contributed by atoms with Gasteiger partial charge >= 0.3 is 0 Å². The molecular formula is C16H14FN3OS2. The number of halogens is 1. The van der Waals surface area contributed by atoms with Crippen LogP contribution in [0.4, 0.5) is 15.8 Å². The van der Waals surface area contributed by atoms with Gasteiger partial charge in [-0.25, -0.2) is 9.37 Å². The average molecular weight is 347 g/mol. The number of hydrogen-bond donors (Lipinski definition) is 2. The first kappa shape index (κ1) is 15.8. The Bertz CT molecular complexity index is 879. The van der Waals surface area contributed by atoms with Gasteiger partial charge in [-0.2, -0.15) is 0 Å². The highest BCUT2D eigenvalue weighted by Gasteiger charge is 2.10. The summed E-state index contributed by atoms with van der Waals surface area (Å²) >= 11 is 2.80. The first-order valence-corrected chi connectivity index (χ1v) is 8.66. The Morgan fingerprint density at radius 2 is 2.17 bits per heavy atom. The molecular weight excluding hydrogens is 333 g/mol. The van der Waals surface area contributed by atoms with E-state index in [1.807, 2.05) is 12.1 Å². The molecule has 0 spiro atoms. The summed E-state index contributed by atoms with van der Waals surface area (Å²) < 4.78 is 15.5. The van der Waals surface area contributed by atoms with Gasteiger partial charge in [-0.3, -0.25) is 4.79 Å². The Labute approximate surface area is 140 Å². The zero-order chi connectivity index (χ0) is 16.4. The standard InChI is InChI=1S/C16H14FN3OS2/c1-9-2-4-12(11(17)6-9)19-15(21)8-22-16-20-13-5-3-10(18)7-14(13)23-16/h2-7H,8,18H2,1H3,(H,19,21). The van der Waals surface area contributed by atoms with Crippen LogP contribution in [0.15, 0.2) is 40.7 Å². The van der Waals surface area contributed by atoms with Crippen LogP contribution in [0, 0.1) is 12.7 Å². The maximum Gasteiger partial charge on any atom is 0.234 e. The number of amides is 1. The quantitative estimate of drug-likeness (QED) is 0.552. The molecule has 0 unspecified atom stereocenters. The Morgan fingerprint density at radius 1 is 1.35 bits per heavy atom. The van der Waals surface area contributed by atoms with Gasteiger partial charge in [0.1, 0.15) is 5.82 Å². The lowest BCUT2D eigenvalue weighted by atomic mass is 10.2. The van der Waals surface area contributed by atoms with E-state index in [9.17, 15) is 9.18 Å². The monoisotopic (exact) mass is 347 g/mol. The van der Waals surface area contributed by atoms with Gasteiger partial charge in [0.25, 0.3) is 0 Å². The number of benzene rings is 2. The van der Waals surface area contributed by atoms with Crippen LogP contribution in [0.2, 0.25) is 0 Å². The van der Waals surface area contributed by atoms with Gasteiger partial charge in [0.05, 0.1) is 21.7 Å². The SMILES string of the molecule is Cc1ccc(NC(=O)CSc2nc3ccc(N)cc3s2)c(F)c1. The highest BCUT2D eigenvalue weighted by molar-refractivity contribution is 8.01. The van der Waals surface area contributed by atoms with E-state index in [1.54, 1.807) is 25.1 Å². The van der Waals surface area contributed by atoms with Crippen LogP contribution < -0.4 is 11.1 Å². The number of fused-ring (bicyclic) bond motifs is 1. The molecule has 0 fully saturated rings. The molecule has 4 nitrogen and oxygen atoms in total. The molecule has 0 bridgehead atoms. The lowest BCUT2D eigenvalue weighted by molar-refractivity contribution is -0.113. The summed E-state index contributed by atoms with van der Waals surface area (Å²) in [4.78, 5) is 16.4. The number of carbonyl (C=O) groups excluding carboxylic acids is 1. The Morgan fingerprint density at radius 3 is 2.96 bits per heavy atom. The summed E-state index contributed by atoms with van der Waals surface area (Å²) in [6.07, 6.45) is 0. The minimum Gasteiger partial charge on any atom is -0.399 e. The van der Waals surface area contributed by atoms with Crippen molar-refractivity contribution in [1.82, 2.24) is 4.98 Å². The number of nitrogen functional groups attached to an aromatic ring is 1. The molecule has 7 heteroatoms. The molecule has 2 aromatic carbocycles. The summed E-state index contributed by atoms with van der Waals surface area (Å²) in [6.45, 7) is 1.80. The summed E-state index contributed by atoms with van der Waals surface area (Å²) in [5, 5.41) is 2.57. The van der Waals surface area contributed by atoms with Gasteiger partial charge in [0.2, 0.25) is 5.91 Å². The van der Waals surface area contributed by atoms with Crippen LogP contribution in [0.1, 0.15) is 5.56 Å². The number of nitrogens with one attached hydrogen (secondary N) is 1. The fourth-order valence-electron chi connectivity index (χ4n) is 2.02. The van der Waals surface area contributed by atoms with Crippen molar-refractivity contribution >= 4 is 50.6 Å². The largest absolute Gasteiger partial charge is 0.399 e. The second-order valence-electron chi connectivity index (χ2n) is 5.03. The molecule has 0 aliphatic rings. The molecule has 0 radical (unpaired) electrons. The number of anilines is 2. The van der Waals surface area contributed by atoms with Gasteiger partial charge in [-0.05, 0) is 42.8 Å². The Hall–Kier alpha value is -2.12. The van der Waals surface area contributed by atoms with Crippen LogP contribution >= 0.6 is 23.1 Å². The number of thiazole rings is 1. The fourth-order valence-corrected chi connectivity index (χ4v) is 3.93. The summed E-state index contributed by atoms with van der Waals surface area (Å²) in [5.41, 5.74) is 8.28. The molecule has 118 valence electrons. The molecule has 0 saturated carbocycles. The molecule has 1 aromatic heterocycles. The van der Waals surface area contributed by atoms with Crippen molar-refractivity contribution in [2.45, 2.75) is 11.3 Å². The average Bonchev–Trinajstić information content (AvgIpc) is 2.90. The predicted octanol–water partition coefficient (Wildman–Crippen LogP) is 4.06. The number of aromatic nitrogens is 1. The number of nitrogens with two attached hydrogens (primary N) is 1. The predicted molar refractivity (Wildman–Crippen MR) is 94.5 cm³/mol. The number of carbonyl (C=O) groups is 1. The van der Waals surface area contributed by atoms with E-state index < -0.39 is 5.82 Å². The first-order valence-electron chi connectivity index (χ1n) is 6.86. The first-order chi connectivity index (χ1) is 11.0. The van der Waals surface area contributed by atoms with E-state index in [2.05, 4.69) is 10.3 Å². The molecule has 3 N–H and O–H groups in total. The number of hydrogen-bond acceptors (Lipinski definition) is 5. The lowest BCUT2D eigenvalue weighted by Crippen LogP contribution is -2.15. The van der Waals surface area contributed by atoms with Crippen LogP contribution in [0.3, 0.4) is 0 Å². The van der Waals surface area contributed by atoms with E-state index in [1.165, 1.54) is 29.2 Å². The second kappa shape index (κ2) is 6.55. The second-order valence-corrected chi connectivity index (χ2v) is 7.28. The van der Waals surface area contributed by atoms with Gasteiger partial charge in [-0.15, -0.1) is 11.3 Å². The molecule has 0 aliphatic heterocycles. The molecule has 0 saturated heterocycles. The summed E-state index contributed by atoms with van der Waals surface area (Å²) in [6, 6.07) is 10.2. The lowest BCUT2D eigenvalue weighted by Gasteiger charge is -2.06. The van der Waals surface area contributed by atoms with Crippen molar-refractivity contribution in [2.75, 3.05) is 16.8 Å². The third-order valence-corrected chi connectivity index (χ3v) is 5.28. The maximum absolute atomic E-state index is 13.7. The molecule has 0 atom stereocenters. The van der Waals surface area contributed by atoms with E-state index in [0.717, 1.165) is 20.1 Å². The van der Waals surface area contributed by atoms with Gasteiger partial charge in [0.15, 0.2) is 4.34 Å². The van der Waals surface area contributed by atoms with E-state index in [4.69, 9.17) is 5.73 Å². The van der Waals surface area contributed by atoms with Crippen molar-refractivity contribution in [3.05, 3.63) is 47.8 Å². The molecule has 3 rings (SSSR count). The number of aryl methyl sites for hydroxylation is 1. The van der Waals surface area contributed by atoms with Crippen molar-refractivity contribution in [2.24, 2.45) is 0 Å². The summed E-state index contributed by atoms with van der Waals surface area (Å²) in [5.74, 6) is -0.529. The van der Waals surface area contributed by atoms with Gasteiger partial charge in [0, 0.05) is 5.69 Å². The highest BCUT2D eigenvalue weighted by atomic mass is 32.2. The zero-order valence-electron chi connectivity index (χ0n) is 12.3. The van der Waals surface area contributed by atoms with E-state index >= 15 is 0 Å². The van der Waals surface area contributed by atoms with Gasteiger partial charge in [-0.1, -0.05) is 17.8 Å². The Balaban J connectivity index is 1.63. The van der Waals surface area contributed by atoms with E-state index in [-0.39, 0.29) is 17.3 Å². The molecule has 23 heavy (non-hydrogen) atoms. The minimum absolute atomic E-state index is 0.169. The molecule has 1 amide bonds. The molecule has 3 aromatic rings. The third kappa shape index (κ3) is 3.80. The normalized spacial score (nSPS) is 10.9. The molecule has 1 heterocycles. The van der Waals surface area contributed by atoms with Crippen molar-refractivity contribution in [3.8, 4) is 0 Å². The molecule has 0 aliphatic carbocycles. The van der Waals surface area contributed by atoms with Crippen LogP contribution in [0.25, 0.3) is 10.2 Å². The highest BCUT2D eigenvalue weighted by Crippen LogP contribution is 2.30. The van der Waals surface area contributed by atoms with E-state index in [0.29, 0.717) is 5.69 Å². The summed E-state index contributed by atoms with van der Waals surface area (Å²) in [7, 11) is 0. The Kier molecular flexibility index (Phi) is 4.49. The van der Waals surface area contributed by atoms with Crippen molar-refractivity contribution in [3.63, 3.8) is 0 Å². The fraction of sp³-hybridized carbons (Fsp3) is 0.125. The topological polar surface area (TPSA) is 68.0 Å². The van der Waals surface area contributed by atoms with Crippen LogP contribution in [-0.2, 0) is 4.79 Å². The number of rotatable bonds is 4. The third-order valence-electron chi connectivity index (χ3n) is 3.12. The maximum atomic E-state index is 13.7. The van der Waals surface area contributed by atoms with Crippen LogP contribution in [-0.4, -0.2) is 16.6 Å². The number of nitrogens with zero attached hydrogens (tertiary/aromatic N) is 1.